The summed E-state index contributed by atoms with van der Waals surface area (Å²) in [6, 6.07) is 4.14. The third-order valence-corrected chi connectivity index (χ3v) is 5.10. The van der Waals surface area contributed by atoms with Crippen molar-refractivity contribution in [3.63, 3.8) is 0 Å². The average molecular weight is 265 g/mol. The molecular weight excluding hydrogens is 242 g/mol. The molecule has 1 saturated carbocycles. The molecule has 1 fully saturated rings. The summed E-state index contributed by atoms with van der Waals surface area (Å²) >= 11 is 2.02. The number of hydrogen-bond acceptors (Lipinski definition) is 4. The van der Waals surface area contributed by atoms with Crippen LogP contribution in [0.15, 0.2) is 18.3 Å². The second-order valence-electron chi connectivity index (χ2n) is 4.91. The molecule has 0 radical (unpaired) electrons. The van der Waals surface area contributed by atoms with E-state index in [1.807, 2.05) is 24.0 Å². The molecule has 18 heavy (non-hydrogen) atoms. The lowest BCUT2D eigenvalue weighted by atomic mass is 10.1. The highest BCUT2D eigenvalue weighted by Gasteiger charge is 2.32. The van der Waals surface area contributed by atoms with E-state index in [9.17, 15) is 0 Å². The van der Waals surface area contributed by atoms with Crippen LogP contribution in [0.2, 0.25) is 0 Å². The molecule has 0 spiro atoms. The van der Waals surface area contributed by atoms with Crippen LogP contribution in [-0.2, 0) is 0 Å². The van der Waals surface area contributed by atoms with Crippen LogP contribution in [0.4, 0.5) is 11.5 Å². The van der Waals surface area contributed by atoms with Crippen molar-refractivity contribution in [2.45, 2.75) is 37.4 Å². The van der Waals surface area contributed by atoms with E-state index >= 15 is 0 Å². The van der Waals surface area contributed by atoms with E-state index in [1.54, 1.807) is 0 Å². The lowest BCUT2D eigenvalue weighted by Gasteiger charge is -2.27. The molecule has 0 amide bonds. The van der Waals surface area contributed by atoms with Crippen molar-refractivity contribution in [1.82, 2.24) is 4.98 Å². The van der Waals surface area contributed by atoms with E-state index in [2.05, 4.69) is 34.9 Å². The smallest absolute Gasteiger partial charge is 0.127 e. The Morgan fingerprint density at radius 2 is 2.11 bits per heavy atom. The molecule has 0 saturated heterocycles. The fraction of sp³-hybridized carbons (Fsp3) is 0.643. The molecule has 2 N–H and O–H groups in total. The Bertz CT molecular complexity index is 375. The minimum Gasteiger partial charge on any atom is -0.383 e. The molecule has 2 rings (SSSR count). The molecule has 1 aliphatic carbocycles. The summed E-state index contributed by atoms with van der Waals surface area (Å²) in [5.74, 6) is 0.951. The lowest BCUT2D eigenvalue weighted by molar-refractivity contribution is 0.640. The van der Waals surface area contributed by atoms with Gasteiger partial charge in [0.05, 0.1) is 0 Å². The first kappa shape index (κ1) is 13.5. The van der Waals surface area contributed by atoms with E-state index in [-0.39, 0.29) is 0 Å². The fourth-order valence-electron chi connectivity index (χ4n) is 2.55. The maximum Gasteiger partial charge on any atom is 0.127 e. The molecule has 1 aliphatic rings. The summed E-state index contributed by atoms with van der Waals surface area (Å²) in [4.78, 5) is 4.29. The number of aromatic nitrogens is 1. The van der Waals surface area contributed by atoms with Crippen molar-refractivity contribution in [2.75, 3.05) is 30.0 Å². The second-order valence-corrected chi connectivity index (χ2v) is 6.18. The van der Waals surface area contributed by atoms with Gasteiger partial charge in [0.1, 0.15) is 5.82 Å². The molecule has 1 aromatic heterocycles. The molecular formula is C14H23N3S. The SMILES string of the molecule is CCNc1cc(NCC2(SC)CCCC2)ccn1. The van der Waals surface area contributed by atoms with E-state index in [0.717, 1.165) is 18.9 Å². The number of pyridine rings is 1. The molecule has 3 nitrogen and oxygen atoms in total. The summed E-state index contributed by atoms with van der Waals surface area (Å²) in [6.07, 6.45) is 9.53. The van der Waals surface area contributed by atoms with E-state index in [1.165, 1.54) is 31.4 Å². The minimum absolute atomic E-state index is 0.446. The molecule has 1 heterocycles. The Morgan fingerprint density at radius 3 is 2.78 bits per heavy atom. The van der Waals surface area contributed by atoms with Crippen molar-refractivity contribution in [1.29, 1.82) is 0 Å². The lowest BCUT2D eigenvalue weighted by Crippen LogP contribution is -2.30. The predicted octanol–water partition coefficient (Wildman–Crippen LogP) is 3.60. The van der Waals surface area contributed by atoms with Crippen molar-refractivity contribution >= 4 is 23.3 Å². The van der Waals surface area contributed by atoms with Crippen molar-refractivity contribution in [3.05, 3.63) is 18.3 Å². The molecule has 1 aromatic rings. The van der Waals surface area contributed by atoms with Gasteiger partial charge in [-0.05, 0) is 32.1 Å². The average Bonchev–Trinajstić information content (AvgIpc) is 2.87. The number of hydrogen-bond donors (Lipinski definition) is 2. The van der Waals surface area contributed by atoms with Gasteiger partial charge in [-0.1, -0.05) is 12.8 Å². The van der Waals surface area contributed by atoms with Gasteiger partial charge in [-0.15, -0.1) is 0 Å². The van der Waals surface area contributed by atoms with Crippen molar-refractivity contribution in [3.8, 4) is 0 Å². The summed E-state index contributed by atoms with van der Waals surface area (Å²) in [5, 5.41) is 6.82. The zero-order chi connectivity index (χ0) is 12.8. The predicted molar refractivity (Wildman–Crippen MR) is 81.6 cm³/mol. The van der Waals surface area contributed by atoms with Gasteiger partial charge in [-0.2, -0.15) is 11.8 Å². The zero-order valence-electron chi connectivity index (χ0n) is 11.3. The number of nitrogens with one attached hydrogen (secondary N) is 2. The number of thioether (sulfide) groups is 1. The Hall–Kier alpha value is -0.900. The summed E-state index contributed by atoms with van der Waals surface area (Å²) in [7, 11) is 0. The van der Waals surface area contributed by atoms with Crippen LogP contribution in [0.5, 0.6) is 0 Å². The number of anilines is 2. The third kappa shape index (κ3) is 3.31. The molecule has 4 heteroatoms. The van der Waals surface area contributed by atoms with Gasteiger partial charge in [0.2, 0.25) is 0 Å². The first-order valence-electron chi connectivity index (χ1n) is 6.77. The van der Waals surface area contributed by atoms with Gasteiger partial charge < -0.3 is 10.6 Å². The van der Waals surface area contributed by atoms with E-state index in [4.69, 9.17) is 0 Å². The van der Waals surface area contributed by atoms with Gasteiger partial charge in [0.25, 0.3) is 0 Å². The molecule has 0 aliphatic heterocycles. The topological polar surface area (TPSA) is 37.0 Å². The van der Waals surface area contributed by atoms with Crippen molar-refractivity contribution < 1.29 is 0 Å². The van der Waals surface area contributed by atoms with Gasteiger partial charge in [0.15, 0.2) is 0 Å². The van der Waals surface area contributed by atoms with Crippen LogP contribution in [0.25, 0.3) is 0 Å². The molecule has 0 atom stereocenters. The molecule has 0 bridgehead atoms. The van der Waals surface area contributed by atoms with E-state index in [0.29, 0.717) is 4.75 Å². The summed E-state index contributed by atoms with van der Waals surface area (Å²) < 4.78 is 0.446. The highest BCUT2D eigenvalue weighted by Crippen LogP contribution is 2.40. The third-order valence-electron chi connectivity index (χ3n) is 3.68. The first-order chi connectivity index (χ1) is 8.78. The fourth-order valence-corrected chi connectivity index (χ4v) is 3.47. The summed E-state index contributed by atoms with van der Waals surface area (Å²) in [5.41, 5.74) is 1.17. The number of nitrogens with zero attached hydrogens (tertiary/aromatic N) is 1. The monoisotopic (exact) mass is 265 g/mol. The maximum atomic E-state index is 4.29. The van der Waals surface area contributed by atoms with Crippen LogP contribution >= 0.6 is 11.8 Å². The number of rotatable bonds is 6. The summed E-state index contributed by atoms with van der Waals surface area (Å²) in [6.45, 7) is 4.05. The van der Waals surface area contributed by atoms with Gasteiger partial charge in [-0.25, -0.2) is 4.98 Å². The Kier molecular flexibility index (Phi) is 4.75. The Labute approximate surface area is 114 Å². The highest BCUT2D eigenvalue weighted by molar-refractivity contribution is 8.00. The molecule has 0 unspecified atom stereocenters. The second kappa shape index (κ2) is 6.32. The highest BCUT2D eigenvalue weighted by atomic mass is 32.2. The van der Waals surface area contributed by atoms with Gasteiger partial charge in [0, 0.05) is 35.8 Å². The zero-order valence-corrected chi connectivity index (χ0v) is 12.1. The quantitative estimate of drug-likeness (QED) is 0.824. The van der Waals surface area contributed by atoms with Gasteiger partial charge >= 0.3 is 0 Å². The van der Waals surface area contributed by atoms with Crippen molar-refractivity contribution in [2.24, 2.45) is 0 Å². The first-order valence-corrected chi connectivity index (χ1v) is 7.99. The largest absolute Gasteiger partial charge is 0.383 e. The van der Waals surface area contributed by atoms with Crippen LogP contribution in [0.3, 0.4) is 0 Å². The maximum absolute atomic E-state index is 4.29. The van der Waals surface area contributed by atoms with Crippen LogP contribution < -0.4 is 10.6 Å². The standard InChI is InChI=1S/C14H23N3S/c1-3-15-13-10-12(6-9-16-13)17-11-14(18-2)7-4-5-8-14/h6,9-10H,3-5,7-8,11H2,1-2H3,(H2,15,16,17). The van der Waals surface area contributed by atoms with Crippen LogP contribution in [0.1, 0.15) is 32.6 Å². The Balaban J connectivity index is 1.94. The van der Waals surface area contributed by atoms with Crippen LogP contribution in [-0.4, -0.2) is 29.1 Å². The minimum atomic E-state index is 0.446. The van der Waals surface area contributed by atoms with Crippen LogP contribution in [0, 0.1) is 0 Å². The molecule has 0 aromatic carbocycles. The molecule has 100 valence electrons. The van der Waals surface area contributed by atoms with E-state index < -0.39 is 0 Å². The van der Waals surface area contributed by atoms with Gasteiger partial charge in [-0.3, -0.25) is 0 Å². The Morgan fingerprint density at radius 1 is 1.33 bits per heavy atom. The normalized spacial score (nSPS) is 17.7.